The van der Waals surface area contributed by atoms with Crippen molar-refractivity contribution in [2.24, 2.45) is 0 Å². The van der Waals surface area contributed by atoms with Gasteiger partial charge in [-0.3, -0.25) is 0 Å². The van der Waals surface area contributed by atoms with Gasteiger partial charge in [-0.25, -0.2) is 9.97 Å². The highest BCUT2D eigenvalue weighted by Gasteiger charge is 2.19. The first-order valence-corrected chi connectivity index (χ1v) is 17.5. The Morgan fingerprint density at radius 2 is 1.16 bits per heavy atom. The zero-order valence-corrected chi connectivity index (χ0v) is 28.7. The van der Waals surface area contributed by atoms with E-state index in [-0.39, 0.29) is 0 Å². The van der Waals surface area contributed by atoms with Crippen molar-refractivity contribution < 1.29 is 0 Å². The first-order valence-electron chi connectivity index (χ1n) is 16.7. The molecule has 2 aromatic heterocycles. The second-order valence-corrected chi connectivity index (χ2v) is 13.3. The van der Waals surface area contributed by atoms with Gasteiger partial charge >= 0.3 is 0 Å². The molecule has 0 radical (unpaired) electrons. The molecule has 0 fully saturated rings. The normalized spacial score (nSPS) is 12.0. The van der Waals surface area contributed by atoms with Crippen molar-refractivity contribution in [2.45, 2.75) is 6.92 Å². The summed E-state index contributed by atoms with van der Waals surface area (Å²) in [5.74, 6) is 0.667. The summed E-state index contributed by atoms with van der Waals surface area (Å²) in [5.41, 5.74) is 8.34. The van der Waals surface area contributed by atoms with Gasteiger partial charge in [-0.15, -0.1) is 11.3 Å². The average Bonchev–Trinajstić information content (AvgIpc) is 3.54. The van der Waals surface area contributed by atoms with Crippen LogP contribution in [0.15, 0.2) is 159 Å². The molecule has 0 aliphatic heterocycles. The topological polar surface area (TPSA) is 25.8 Å². The Balaban J connectivity index is 1.24. The number of benzene rings is 6. The fourth-order valence-electron chi connectivity index (χ4n) is 7.03. The SMILES string of the molecule is C=C/C=C(\C=C)c1nc(-c2cccc(-c3cccc(-c4ccc5c6ccccc6c6ccccc6c5c4)c3)c2)nc2sc(C=C)c(/C=C\C)c12. The molecule has 6 aromatic carbocycles. The smallest absolute Gasteiger partial charge is 0.161 e. The molecule has 50 heavy (non-hydrogen) atoms. The predicted molar refractivity (Wildman–Crippen MR) is 219 cm³/mol. The lowest BCUT2D eigenvalue weighted by molar-refractivity contribution is 1.21. The second-order valence-electron chi connectivity index (χ2n) is 12.2. The number of aromatic nitrogens is 2. The number of rotatable bonds is 8. The zero-order valence-electron chi connectivity index (χ0n) is 27.9. The molecule has 2 heterocycles. The summed E-state index contributed by atoms with van der Waals surface area (Å²) in [7, 11) is 0. The summed E-state index contributed by atoms with van der Waals surface area (Å²) < 4.78 is 0. The lowest BCUT2D eigenvalue weighted by atomic mass is 9.91. The molecule has 3 heteroatoms. The Morgan fingerprint density at radius 3 is 1.74 bits per heavy atom. The van der Waals surface area contributed by atoms with Crippen LogP contribution in [0.25, 0.3) is 93.9 Å². The second kappa shape index (κ2) is 13.0. The first-order chi connectivity index (χ1) is 24.6. The largest absolute Gasteiger partial charge is 0.227 e. The number of allylic oxidation sites excluding steroid dienone is 5. The molecule has 0 aliphatic rings. The third-order valence-electron chi connectivity index (χ3n) is 9.32. The fourth-order valence-corrected chi connectivity index (χ4v) is 8.05. The van der Waals surface area contributed by atoms with Crippen LogP contribution < -0.4 is 0 Å². The number of hydrogen-bond acceptors (Lipinski definition) is 3. The third-order valence-corrected chi connectivity index (χ3v) is 10.4. The molecule has 0 amide bonds. The highest BCUT2D eigenvalue weighted by molar-refractivity contribution is 7.19. The molecule has 0 unspecified atom stereocenters. The fraction of sp³-hybridized carbons (Fsp3) is 0.0213. The van der Waals surface area contributed by atoms with E-state index < -0.39 is 0 Å². The molecule has 0 atom stereocenters. The first kappa shape index (κ1) is 31.1. The van der Waals surface area contributed by atoms with Gasteiger partial charge in [0.2, 0.25) is 0 Å². The molecule has 0 bridgehead atoms. The number of hydrogen-bond donors (Lipinski definition) is 0. The number of nitrogens with zero attached hydrogens (tertiary/aromatic N) is 2. The monoisotopic (exact) mass is 658 g/mol. The summed E-state index contributed by atoms with van der Waals surface area (Å²) in [6.45, 7) is 14.1. The van der Waals surface area contributed by atoms with E-state index in [0.717, 1.165) is 48.6 Å². The summed E-state index contributed by atoms with van der Waals surface area (Å²) in [6.07, 6.45) is 11.6. The van der Waals surface area contributed by atoms with Gasteiger partial charge in [-0.05, 0) is 79.7 Å². The van der Waals surface area contributed by atoms with E-state index in [4.69, 9.17) is 9.97 Å². The maximum absolute atomic E-state index is 5.17. The minimum Gasteiger partial charge on any atom is -0.227 e. The van der Waals surface area contributed by atoms with E-state index in [2.05, 4.69) is 141 Å². The van der Waals surface area contributed by atoms with E-state index in [0.29, 0.717) is 5.82 Å². The van der Waals surface area contributed by atoms with Crippen LogP contribution in [0.3, 0.4) is 0 Å². The molecule has 0 spiro atoms. The van der Waals surface area contributed by atoms with Crippen LogP contribution >= 0.6 is 11.3 Å². The van der Waals surface area contributed by atoms with E-state index in [1.165, 1.54) is 43.4 Å². The maximum atomic E-state index is 5.17. The molecule has 0 saturated carbocycles. The van der Waals surface area contributed by atoms with Crippen molar-refractivity contribution in [1.29, 1.82) is 0 Å². The van der Waals surface area contributed by atoms with Gasteiger partial charge in [0.15, 0.2) is 5.82 Å². The van der Waals surface area contributed by atoms with Gasteiger partial charge < -0.3 is 0 Å². The van der Waals surface area contributed by atoms with Gasteiger partial charge in [-0.2, -0.15) is 0 Å². The van der Waals surface area contributed by atoms with Gasteiger partial charge in [0, 0.05) is 27.0 Å². The Hall–Kier alpha value is -6.16. The van der Waals surface area contributed by atoms with Crippen molar-refractivity contribution in [1.82, 2.24) is 9.97 Å². The van der Waals surface area contributed by atoms with Gasteiger partial charge in [-0.1, -0.05) is 153 Å². The summed E-state index contributed by atoms with van der Waals surface area (Å²) in [6, 6.07) is 41.6. The average molecular weight is 659 g/mol. The molecule has 0 aliphatic carbocycles. The van der Waals surface area contributed by atoms with E-state index in [9.17, 15) is 0 Å². The highest BCUT2D eigenvalue weighted by Crippen LogP contribution is 2.40. The van der Waals surface area contributed by atoms with Crippen LogP contribution in [0.4, 0.5) is 0 Å². The summed E-state index contributed by atoms with van der Waals surface area (Å²) in [5, 5.41) is 8.66. The van der Waals surface area contributed by atoms with Crippen molar-refractivity contribution in [3.63, 3.8) is 0 Å². The summed E-state index contributed by atoms with van der Waals surface area (Å²) in [4.78, 5) is 12.2. The van der Waals surface area contributed by atoms with E-state index in [1.807, 2.05) is 31.2 Å². The van der Waals surface area contributed by atoms with Crippen molar-refractivity contribution >= 4 is 71.6 Å². The minimum atomic E-state index is 0.667. The van der Waals surface area contributed by atoms with Crippen molar-refractivity contribution in [2.75, 3.05) is 0 Å². The van der Waals surface area contributed by atoms with E-state index >= 15 is 0 Å². The van der Waals surface area contributed by atoms with Crippen LogP contribution in [0.2, 0.25) is 0 Å². The van der Waals surface area contributed by atoms with Crippen molar-refractivity contribution in [3.8, 4) is 33.6 Å². The maximum Gasteiger partial charge on any atom is 0.161 e. The Labute approximate surface area is 296 Å². The quantitative estimate of drug-likeness (QED) is 0.120. The Bertz CT molecular complexity index is 2690. The molecule has 8 rings (SSSR count). The molecule has 0 saturated heterocycles. The van der Waals surface area contributed by atoms with Crippen LogP contribution in [0, 0.1) is 0 Å². The highest BCUT2D eigenvalue weighted by atomic mass is 32.1. The molecular weight excluding hydrogens is 625 g/mol. The van der Waals surface area contributed by atoms with Gasteiger partial charge in [0.05, 0.1) is 5.69 Å². The Morgan fingerprint density at radius 1 is 0.600 bits per heavy atom. The number of thiophene rings is 1. The third kappa shape index (κ3) is 5.29. The van der Waals surface area contributed by atoms with Gasteiger partial charge in [0.25, 0.3) is 0 Å². The molecule has 2 nitrogen and oxygen atoms in total. The standard InChI is InChI=1S/C47H34N2S/c1-5-15-30(7-3)45-44-41(16-6-2)43(8-4)50-47(44)49-46(48-45)35-20-14-19-33(28-35)31-17-13-18-32(27-31)34-25-26-40-38-23-10-9-21-36(38)37-22-11-12-24-39(37)42(40)29-34/h5-29H,1,3-4H2,2H3/b16-6-,30-15+. The molecular formula is C47H34N2S. The van der Waals surface area contributed by atoms with Crippen LogP contribution in [-0.2, 0) is 0 Å². The predicted octanol–water partition coefficient (Wildman–Crippen LogP) is 13.6. The molecule has 238 valence electrons. The molecule has 0 N–H and O–H groups in total. The molecule has 8 aromatic rings. The van der Waals surface area contributed by atoms with Crippen LogP contribution in [-0.4, -0.2) is 9.97 Å². The van der Waals surface area contributed by atoms with Crippen LogP contribution in [0.1, 0.15) is 23.1 Å². The summed E-state index contributed by atoms with van der Waals surface area (Å²) >= 11 is 1.63. The lowest BCUT2D eigenvalue weighted by Gasteiger charge is -2.13. The lowest BCUT2D eigenvalue weighted by Crippen LogP contribution is -1.97. The minimum absolute atomic E-state index is 0.667. The Kier molecular flexibility index (Phi) is 8.12. The zero-order chi connectivity index (χ0) is 34.2. The van der Waals surface area contributed by atoms with Gasteiger partial charge in [0.1, 0.15) is 4.83 Å². The number of fused-ring (bicyclic) bond motifs is 7. The van der Waals surface area contributed by atoms with E-state index in [1.54, 1.807) is 17.4 Å². The van der Waals surface area contributed by atoms with Crippen molar-refractivity contribution in [3.05, 3.63) is 175 Å². The van der Waals surface area contributed by atoms with Crippen LogP contribution in [0.5, 0.6) is 0 Å².